The summed E-state index contributed by atoms with van der Waals surface area (Å²) in [4.78, 5) is 9.27. The molecule has 1 unspecified atom stereocenters. The van der Waals surface area contributed by atoms with E-state index in [1.54, 1.807) is 0 Å². The molecule has 0 fully saturated rings. The van der Waals surface area contributed by atoms with Crippen molar-refractivity contribution in [1.82, 2.24) is 0 Å². The van der Waals surface area contributed by atoms with Gasteiger partial charge in [0.2, 0.25) is 11.8 Å². The molecule has 2 N–H and O–H groups in total. The Balaban J connectivity index is 1.50. The number of aliphatic imine (C=N–C) groups is 2. The van der Waals surface area contributed by atoms with Crippen molar-refractivity contribution < 1.29 is 19.7 Å². The first-order valence-electron chi connectivity index (χ1n) is 12.6. The molecule has 0 aromatic heterocycles. The second kappa shape index (κ2) is 8.92. The van der Waals surface area contributed by atoms with Crippen LogP contribution in [0, 0.1) is 0 Å². The van der Waals surface area contributed by atoms with E-state index in [-0.39, 0.29) is 17.5 Å². The summed E-state index contributed by atoms with van der Waals surface area (Å²) >= 11 is 0. The van der Waals surface area contributed by atoms with Gasteiger partial charge in [-0.15, -0.1) is 0 Å². The summed E-state index contributed by atoms with van der Waals surface area (Å²) in [5.74, 6) is 0.803. The van der Waals surface area contributed by atoms with E-state index in [1.165, 1.54) is 0 Å². The molecule has 0 aliphatic carbocycles. The molecule has 0 saturated heterocycles. The van der Waals surface area contributed by atoms with Gasteiger partial charge in [-0.25, -0.2) is 9.98 Å². The van der Waals surface area contributed by atoms with Crippen LogP contribution in [0.4, 0.5) is 0 Å². The van der Waals surface area contributed by atoms with Crippen molar-refractivity contribution in [3.8, 4) is 22.6 Å². The Hall–Kier alpha value is -4.84. The number of phenols is 2. The Bertz CT molecular complexity index is 1780. The molecular formula is C32H24N2O4. The summed E-state index contributed by atoms with van der Waals surface area (Å²) in [6.07, 6.45) is 0. The molecular weight excluding hydrogens is 476 g/mol. The highest BCUT2D eigenvalue weighted by atomic mass is 16.5. The van der Waals surface area contributed by atoms with Crippen molar-refractivity contribution in [2.75, 3.05) is 19.8 Å². The van der Waals surface area contributed by atoms with Crippen LogP contribution in [-0.2, 0) is 9.47 Å². The lowest BCUT2D eigenvalue weighted by molar-refractivity contribution is 0.318. The number of benzene rings is 5. The molecule has 5 aromatic rings. The fraction of sp³-hybridized carbons (Fsp3) is 0.125. The summed E-state index contributed by atoms with van der Waals surface area (Å²) in [6, 6.07) is 29.2. The lowest BCUT2D eigenvalue weighted by Crippen LogP contribution is -2.05. The Morgan fingerprint density at radius 1 is 0.658 bits per heavy atom. The van der Waals surface area contributed by atoms with Gasteiger partial charge in [0, 0.05) is 11.1 Å². The maximum absolute atomic E-state index is 11.9. The highest BCUT2D eigenvalue weighted by Crippen LogP contribution is 2.48. The van der Waals surface area contributed by atoms with Crippen molar-refractivity contribution in [2.45, 2.75) is 6.04 Å². The molecule has 2 heterocycles. The lowest BCUT2D eigenvalue weighted by atomic mass is 9.88. The first kappa shape index (κ1) is 22.4. The summed E-state index contributed by atoms with van der Waals surface area (Å²) in [5.41, 5.74) is 3.08. The molecule has 0 spiro atoms. The van der Waals surface area contributed by atoms with Gasteiger partial charge in [0.25, 0.3) is 0 Å². The quantitative estimate of drug-likeness (QED) is 0.301. The number of rotatable bonds is 4. The second-order valence-electron chi connectivity index (χ2n) is 9.44. The largest absolute Gasteiger partial charge is 0.506 e. The minimum absolute atomic E-state index is 0.00282. The first-order chi connectivity index (χ1) is 18.7. The standard InChI is InChI=1S/C32H24N2O4/c35-29-24(31-33-14-15-37-31)16-20-10-4-6-12-22(20)27(29)28-23-13-7-5-11-21(23)17-25(30(28)36)32-34-26(18-38-32)19-8-2-1-3-9-19/h1-13,16-17,26,35-36H,14-15,18H2. The van der Waals surface area contributed by atoms with Crippen molar-refractivity contribution in [2.24, 2.45) is 9.98 Å². The maximum atomic E-state index is 11.9. The first-order valence-corrected chi connectivity index (χ1v) is 12.6. The molecule has 1 atom stereocenters. The summed E-state index contributed by atoms with van der Waals surface area (Å²) < 4.78 is 11.8. The van der Waals surface area contributed by atoms with Gasteiger partial charge in [-0.3, -0.25) is 0 Å². The minimum atomic E-state index is -0.157. The van der Waals surface area contributed by atoms with E-state index in [0.29, 0.717) is 53.8 Å². The van der Waals surface area contributed by atoms with E-state index >= 15 is 0 Å². The molecule has 38 heavy (non-hydrogen) atoms. The van der Waals surface area contributed by atoms with Crippen LogP contribution in [-0.4, -0.2) is 41.8 Å². The van der Waals surface area contributed by atoms with Gasteiger partial charge in [0.1, 0.15) is 30.8 Å². The molecule has 7 rings (SSSR count). The Kier molecular flexibility index (Phi) is 5.25. The van der Waals surface area contributed by atoms with Gasteiger partial charge in [-0.05, 0) is 39.2 Å². The molecule has 6 nitrogen and oxygen atoms in total. The van der Waals surface area contributed by atoms with Gasteiger partial charge in [-0.2, -0.15) is 0 Å². The lowest BCUT2D eigenvalue weighted by Gasteiger charge is -2.18. The number of fused-ring (bicyclic) bond motifs is 2. The summed E-state index contributed by atoms with van der Waals surface area (Å²) in [7, 11) is 0. The SMILES string of the molecule is Oc1c(C2=NCCO2)cc2ccccc2c1-c1c(O)c(C2=NC(c3ccccc3)CO2)cc2ccccc12. The average molecular weight is 501 g/mol. The third-order valence-corrected chi connectivity index (χ3v) is 7.18. The van der Waals surface area contributed by atoms with Gasteiger partial charge in [0.05, 0.1) is 17.7 Å². The Labute approximate surface area is 219 Å². The number of ether oxygens (including phenoxy) is 2. The maximum Gasteiger partial charge on any atom is 0.220 e. The molecule has 5 aromatic carbocycles. The van der Waals surface area contributed by atoms with Gasteiger partial charge >= 0.3 is 0 Å². The molecule has 2 aliphatic rings. The van der Waals surface area contributed by atoms with Crippen LogP contribution in [0.1, 0.15) is 22.7 Å². The third kappa shape index (κ3) is 3.57. The van der Waals surface area contributed by atoms with E-state index in [4.69, 9.17) is 14.5 Å². The number of nitrogens with zero attached hydrogens (tertiary/aromatic N) is 2. The number of hydrogen-bond acceptors (Lipinski definition) is 6. The molecule has 2 aliphatic heterocycles. The van der Waals surface area contributed by atoms with Crippen molar-refractivity contribution in [1.29, 1.82) is 0 Å². The van der Waals surface area contributed by atoms with E-state index < -0.39 is 0 Å². The van der Waals surface area contributed by atoms with Crippen LogP contribution < -0.4 is 0 Å². The van der Waals surface area contributed by atoms with E-state index in [0.717, 1.165) is 27.1 Å². The molecule has 186 valence electrons. The van der Waals surface area contributed by atoms with E-state index in [2.05, 4.69) is 4.99 Å². The zero-order valence-corrected chi connectivity index (χ0v) is 20.5. The third-order valence-electron chi connectivity index (χ3n) is 7.18. The second-order valence-corrected chi connectivity index (χ2v) is 9.44. The summed E-state index contributed by atoms with van der Waals surface area (Å²) in [5, 5.41) is 27.0. The van der Waals surface area contributed by atoms with Crippen molar-refractivity contribution >= 4 is 33.3 Å². The van der Waals surface area contributed by atoms with E-state index in [1.807, 2.05) is 91.0 Å². The topological polar surface area (TPSA) is 83.6 Å². The Morgan fingerprint density at radius 2 is 1.24 bits per heavy atom. The highest BCUT2D eigenvalue weighted by molar-refractivity contribution is 6.16. The van der Waals surface area contributed by atoms with Gasteiger partial charge in [0.15, 0.2) is 0 Å². The molecule has 0 radical (unpaired) electrons. The van der Waals surface area contributed by atoms with Crippen LogP contribution in [0.25, 0.3) is 32.7 Å². The molecule has 0 bridgehead atoms. The Morgan fingerprint density at radius 3 is 1.84 bits per heavy atom. The molecule has 6 heteroatoms. The normalized spacial score (nSPS) is 16.8. The minimum Gasteiger partial charge on any atom is -0.506 e. The zero-order valence-electron chi connectivity index (χ0n) is 20.5. The van der Waals surface area contributed by atoms with Crippen LogP contribution >= 0.6 is 0 Å². The molecule has 0 saturated carbocycles. The van der Waals surface area contributed by atoms with Crippen LogP contribution in [0.5, 0.6) is 11.5 Å². The monoisotopic (exact) mass is 500 g/mol. The van der Waals surface area contributed by atoms with Gasteiger partial charge in [-0.1, -0.05) is 78.9 Å². The number of hydrogen-bond donors (Lipinski definition) is 2. The fourth-order valence-electron chi connectivity index (χ4n) is 5.37. The highest BCUT2D eigenvalue weighted by Gasteiger charge is 2.29. The average Bonchev–Trinajstić information content (AvgIpc) is 3.67. The van der Waals surface area contributed by atoms with Crippen molar-refractivity contribution in [3.05, 3.63) is 108 Å². The van der Waals surface area contributed by atoms with Crippen molar-refractivity contribution in [3.63, 3.8) is 0 Å². The predicted octanol–water partition coefficient (Wildman–Crippen LogP) is 6.37. The van der Waals surface area contributed by atoms with E-state index in [9.17, 15) is 10.2 Å². The fourth-order valence-corrected chi connectivity index (χ4v) is 5.37. The van der Waals surface area contributed by atoms with Crippen LogP contribution in [0.15, 0.2) is 101 Å². The number of phenolic OH excluding ortho intramolecular Hbond substituents is 2. The number of aromatic hydroxyl groups is 2. The molecule has 0 amide bonds. The summed E-state index contributed by atoms with van der Waals surface area (Å²) in [6.45, 7) is 1.41. The van der Waals surface area contributed by atoms with Crippen LogP contribution in [0.2, 0.25) is 0 Å². The van der Waals surface area contributed by atoms with Gasteiger partial charge < -0.3 is 19.7 Å². The zero-order chi connectivity index (χ0) is 25.6. The predicted molar refractivity (Wildman–Crippen MR) is 149 cm³/mol. The smallest absolute Gasteiger partial charge is 0.220 e. The van der Waals surface area contributed by atoms with Crippen LogP contribution in [0.3, 0.4) is 0 Å².